The minimum atomic E-state index is 0.377. The molecule has 0 aliphatic heterocycles. The van der Waals surface area contributed by atoms with Crippen LogP contribution in [0.25, 0.3) is 11.5 Å². The Morgan fingerprint density at radius 1 is 1.07 bits per heavy atom. The standard InChI is InChI=1S/C22H19N5O2S/c1-28-20-13-17(10-11-19(20)29-15-16-7-3-2-4-8-16)14-24-27-21(25-26-22(27)30)18-9-5-6-12-23-18/h2-14H,15H2,1H3,(H,26,30)/b24-14-. The lowest BCUT2D eigenvalue weighted by Gasteiger charge is -2.11. The van der Waals surface area contributed by atoms with Crippen molar-refractivity contribution in [3.63, 3.8) is 0 Å². The average molecular weight is 417 g/mol. The highest BCUT2D eigenvalue weighted by molar-refractivity contribution is 7.71. The summed E-state index contributed by atoms with van der Waals surface area (Å²) in [5.41, 5.74) is 2.58. The highest BCUT2D eigenvalue weighted by Gasteiger charge is 2.09. The van der Waals surface area contributed by atoms with Gasteiger partial charge in [0.15, 0.2) is 11.5 Å². The molecule has 30 heavy (non-hydrogen) atoms. The van der Waals surface area contributed by atoms with E-state index in [1.165, 1.54) is 4.68 Å². The van der Waals surface area contributed by atoms with Gasteiger partial charge in [0.1, 0.15) is 12.3 Å². The first-order chi connectivity index (χ1) is 14.7. The van der Waals surface area contributed by atoms with Crippen molar-refractivity contribution in [1.82, 2.24) is 19.9 Å². The van der Waals surface area contributed by atoms with Crippen LogP contribution >= 0.6 is 12.2 Å². The van der Waals surface area contributed by atoms with Gasteiger partial charge in [0.25, 0.3) is 0 Å². The monoisotopic (exact) mass is 417 g/mol. The Morgan fingerprint density at radius 3 is 2.67 bits per heavy atom. The summed E-state index contributed by atoms with van der Waals surface area (Å²) >= 11 is 5.30. The lowest BCUT2D eigenvalue weighted by atomic mass is 10.2. The normalized spacial score (nSPS) is 11.0. The van der Waals surface area contributed by atoms with Crippen molar-refractivity contribution in [3.8, 4) is 23.0 Å². The minimum Gasteiger partial charge on any atom is -0.493 e. The summed E-state index contributed by atoms with van der Waals surface area (Å²) in [5, 5.41) is 11.4. The molecule has 0 atom stereocenters. The minimum absolute atomic E-state index is 0.377. The highest BCUT2D eigenvalue weighted by Crippen LogP contribution is 2.28. The third-order valence-corrected chi connectivity index (χ3v) is 4.56. The molecule has 1 N–H and O–H groups in total. The van der Waals surface area contributed by atoms with E-state index in [-0.39, 0.29) is 0 Å². The van der Waals surface area contributed by atoms with Gasteiger partial charge < -0.3 is 9.47 Å². The zero-order chi connectivity index (χ0) is 20.8. The Hall–Kier alpha value is -3.78. The molecule has 0 saturated carbocycles. The first kappa shape index (κ1) is 19.5. The number of nitrogens with one attached hydrogen (secondary N) is 1. The fourth-order valence-electron chi connectivity index (χ4n) is 2.80. The van der Waals surface area contributed by atoms with Crippen LogP contribution in [0.5, 0.6) is 11.5 Å². The van der Waals surface area contributed by atoms with Crippen LogP contribution in [0.15, 0.2) is 78.0 Å². The second kappa shape index (κ2) is 9.15. The molecule has 8 heteroatoms. The van der Waals surface area contributed by atoms with Gasteiger partial charge in [0, 0.05) is 6.20 Å². The van der Waals surface area contributed by atoms with Crippen molar-refractivity contribution < 1.29 is 9.47 Å². The summed E-state index contributed by atoms with van der Waals surface area (Å²) < 4.78 is 13.3. The summed E-state index contributed by atoms with van der Waals surface area (Å²) in [7, 11) is 1.61. The average Bonchev–Trinajstić information content (AvgIpc) is 3.18. The number of nitrogens with zero attached hydrogens (tertiary/aromatic N) is 4. The number of benzene rings is 2. The van der Waals surface area contributed by atoms with Crippen LogP contribution in [0.3, 0.4) is 0 Å². The fraction of sp³-hybridized carbons (Fsp3) is 0.0909. The summed E-state index contributed by atoms with van der Waals surface area (Å²) in [6.45, 7) is 0.461. The van der Waals surface area contributed by atoms with Crippen molar-refractivity contribution >= 4 is 18.4 Å². The predicted molar refractivity (Wildman–Crippen MR) is 117 cm³/mol. The van der Waals surface area contributed by atoms with Crippen molar-refractivity contribution in [1.29, 1.82) is 0 Å². The molecule has 4 aromatic rings. The molecule has 0 fully saturated rings. The molecule has 150 valence electrons. The molecule has 0 unspecified atom stereocenters. The van der Waals surface area contributed by atoms with E-state index >= 15 is 0 Å². The zero-order valence-corrected chi connectivity index (χ0v) is 17.0. The molecule has 0 aliphatic rings. The Balaban J connectivity index is 1.55. The Morgan fingerprint density at radius 2 is 1.90 bits per heavy atom. The van der Waals surface area contributed by atoms with Crippen LogP contribution in [-0.2, 0) is 6.61 Å². The van der Waals surface area contributed by atoms with E-state index in [0.29, 0.717) is 34.4 Å². The lowest BCUT2D eigenvalue weighted by molar-refractivity contribution is 0.284. The summed E-state index contributed by atoms with van der Waals surface area (Å²) in [5.74, 6) is 1.81. The number of hydrogen-bond acceptors (Lipinski definition) is 6. The molecule has 0 radical (unpaired) electrons. The summed E-state index contributed by atoms with van der Waals surface area (Å²) in [6, 6.07) is 21.2. The SMILES string of the molecule is COc1cc(/C=N\n2c(-c3ccccn3)n[nH]c2=S)ccc1OCc1ccccc1. The van der Waals surface area contributed by atoms with Crippen molar-refractivity contribution in [2.24, 2.45) is 5.10 Å². The molecule has 2 aromatic carbocycles. The molecule has 0 amide bonds. The van der Waals surface area contributed by atoms with Gasteiger partial charge in [-0.05, 0) is 53.7 Å². The second-order valence-electron chi connectivity index (χ2n) is 6.31. The van der Waals surface area contributed by atoms with Crippen molar-refractivity contribution in [2.75, 3.05) is 7.11 Å². The van der Waals surface area contributed by atoms with E-state index < -0.39 is 0 Å². The summed E-state index contributed by atoms with van der Waals surface area (Å²) in [6.07, 6.45) is 3.38. The van der Waals surface area contributed by atoms with Gasteiger partial charge in [-0.15, -0.1) is 0 Å². The maximum atomic E-state index is 5.90. The third-order valence-electron chi connectivity index (χ3n) is 4.29. The van der Waals surface area contributed by atoms with Gasteiger partial charge in [-0.3, -0.25) is 4.98 Å². The molecular weight excluding hydrogens is 398 g/mol. The molecule has 2 heterocycles. The van der Waals surface area contributed by atoms with E-state index in [2.05, 4.69) is 20.3 Å². The van der Waals surface area contributed by atoms with Gasteiger partial charge in [-0.25, -0.2) is 5.10 Å². The van der Waals surface area contributed by atoms with Crippen molar-refractivity contribution in [2.45, 2.75) is 6.61 Å². The zero-order valence-electron chi connectivity index (χ0n) is 16.2. The highest BCUT2D eigenvalue weighted by atomic mass is 32.1. The number of aromatic nitrogens is 4. The second-order valence-corrected chi connectivity index (χ2v) is 6.69. The quantitative estimate of drug-likeness (QED) is 0.355. The number of H-pyrrole nitrogens is 1. The van der Waals surface area contributed by atoms with Crippen LogP contribution < -0.4 is 9.47 Å². The van der Waals surface area contributed by atoms with Crippen LogP contribution in [0.1, 0.15) is 11.1 Å². The van der Waals surface area contributed by atoms with Crippen LogP contribution in [0.4, 0.5) is 0 Å². The van der Waals surface area contributed by atoms with Gasteiger partial charge in [0.05, 0.1) is 13.3 Å². The van der Waals surface area contributed by atoms with E-state index in [9.17, 15) is 0 Å². The van der Waals surface area contributed by atoms with E-state index in [1.807, 2.05) is 66.7 Å². The molecule has 0 aliphatic carbocycles. The number of hydrogen-bond donors (Lipinski definition) is 1. The van der Waals surface area contributed by atoms with Crippen LogP contribution in [-0.4, -0.2) is 33.2 Å². The van der Waals surface area contributed by atoms with Crippen molar-refractivity contribution in [3.05, 3.63) is 88.8 Å². The largest absolute Gasteiger partial charge is 0.493 e. The Kier molecular flexibility index (Phi) is 5.95. The molecule has 0 spiro atoms. The van der Waals surface area contributed by atoms with E-state index in [1.54, 1.807) is 19.5 Å². The molecular formula is C22H19N5O2S. The number of pyridine rings is 1. The molecule has 4 rings (SSSR count). The first-order valence-corrected chi connectivity index (χ1v) is 9.63. The summed E-state index contributed by atoms with van der Waals surface area (Å²) in [4.78, 5) is 4.30. The number of rotatable bonds is 7. The Labute approximate surface area is 178 Å². The fourth-order valence-corrected chi connectivity index (χ4v) is 2.98. The van der Waals surface area contributed by atoms with E-state index in [0.717, 1.165) is 11.1 Å². The number of methoxy groups -OCH3 is 1. The van der Waals surface area contributed by atoms with E-state index in [4.69, 9.17) is 21.7 Å². The molecule has 0 bridgehead atoms. The maximum Gasteiger partial charge on any atom is 0.216 e. The topological polar surface area (TPSA) is 77.3 Å². The van der Waals surface area contributed by atoms with Crippen LogP contribution in [0.2, 0.25) is 0 Å². The molecule has 2 aromatic heterocycles. The number of aromatic amines is 1. The van der Waals surface area contributed by atoms with Crippen LogP contribution in [0, 0.1) is 4.77 Å². The number of ether oxygens (including phenoxy) is 2. The maximum absolute atomic E-state index is 5.90. The third kappa shape index (κ3) is 4.44. The molecule has 7 nitrogen and oxygen atoms in total. The lowest BCUT2D eigenvalue weighted by Crippen LogP contribution is -1.99. The van der Waals surface area contributed by atoms with Gasteiger partial charge >= 0.3 is 0 Å². The molecule has 0 saturated heterocycles. The van der Waals surface area contributed by atoms with Gasteiger partial charge in [-0.1, -0.05) is 36.4 Å². The Bertz CT molecular complexity index is 1200. The van der Waals surface area contributed by atoms with Gasteiger partial charge in [0.2, 0.25) is 10.6 Å². The smallest absolute Gasteiger partial charge is 0.216 e. The predicted octanol–water partition coefficient (Wildman–Crippen LogP) is 4.47. The van der Waals surface area contributed by atoms with Gasteiger partial charge in [-0.2, -0.15) is 14.9 Å². The first-order valence-electron chi connectivity index (χ1n) is 9.22.